The summed E-state index contributed by atoms with van der Waals surface area (Å²) in [4.78, 5) is 15.2. The average Bonchev–Trinajstić information content (AvgIpc) is 2.96. The molecule has 3 aromatic rings. The number of hydrogen-bond donors (Lipinski definition) is 1. The zero-order chi connectivity index (χ0) is 16.6. The fourth-order valence-corrected chi connectivity index (χ4v) is 2.42. The Bertz CT molecular complexity index is 879. The Morgan fingerprint density at radius 3 is 2.70 bits per heavy atom. The summed E-state index contributed by atoms with van der Waals surface area (Å²) in [5.74, 6) is -1.20. The van der Waals surface area contributed by atoms with Crippen molar-refractivity contribution in [1.82, 2.24) is 10.1 Å². The maximum atomic E-state index is 14.2. The van der Waals surface area contributed by atoms with Gasteiger partial charge >= 0.3 is 5.97 Å². The van der Waals surface area contributed by atoms with Crippen LogP contribution < -0.4 is 0 Å². The second kappa shape index (κ2) is 5.64. The molecule has 0 amide bonds. The second-order valence-electron chi connectivity index (χ2n) is 5.25. The van der Waals surface area contributed by atoms with Gasteiger partial charge in [-0.25, -0.2) is 9.18 Å². The number of rotatable bonds is 3. The van der Waals surface area contributed by atoms with E-state index in [-0.39, 0.29) is 22.8 Å². The lowest BCUT2D eigenvalue weighted by atomic mass is 10.0. The zero-order valence-electron chi connectivity index (χ0n) is 12.5. The maximum Gasteiger partial charge on any atom is 0.335 e. The fourth-order valence-electron chi connectivity index (χ4n) is 2.42. The van der Waals surface area contributed by atoms with E-state index >= 15 is 0 Å². The summed E-state index contributed by atoms with van der Waals surface area (Å²) in [5, 5.41) is 12.8. The van der Waals surface area contributed by atoms with Crippen molar-refractivity contribution in [1.29, 1.82) is 0 Å². The molecule has 6 heteroatoms. The molecule has 0 saturated heterocycles. The van der Waals surface area contributed by atoms with Gasteiger partial charge in [-0.3, -0.25) is 0 Å². The van der Waals surface area contributed by atoms with Crippen LogP contribution in [0.15, 0.2) is 40.9 Å². The summed E-state index contributed by atoms with van der Waals surface area (Å²) in [7, 11) is 0. The highest BCUT2D eigenvalue weighted by molar-refractivity contribution is 5.89. The van der Waals surface area contributed by atoms with Crippen molar-refractivity contribution in [3.63, 3.8) is 0 Å². The minimum atomic E-state index is -1.05. The van der Waals surface area contributed by atoms with Crippen LogP contribution in [0.5, 0.6) is 0 Å². The van der Waals surface area contributed by atoms with Crippen LogP contribution in [0.4, 0.5) is 4.39 Å². The molecule has 0 aliphatic heterocycles. The van der Waals surface area contributed by atoms with Gasteiger partial charge < -0.3 is 9.63 Å². The van der Waals surface area contributed by atoms with Crippen molar-refractivity contribution < 1.29 is 18.8 Å². The quantitative estimate of drug-likeness (QED) is 0.794. The molecule has 1 N–H and O–H groups in total. The van der Waals surface area contributed by atoms with E-state index in [4.69, 9.17) is 9.63 Å². The van der Waals surface area contributed by atoms with E-state index in [9.17, 15) is 9.18 Å². The normalized spacial score (nSPS) is 10.7. The highest BCUT2D eigenvalue weighted by atomic mass is 19.1. The third-order valence-electron chi connectivity index (χ3n) is 3.44. The molecule has 0 saturated carbocycles. The lowest BCUT2D eigenvalue weighted by Gasteiger charge is -2.03. The van der Waals surface area contributed by atoms with Gasteiger partial charge in [0.05, 0.1) is 11.1 Å². The third-order valence-corrected chi connectivity index (χ3v) is 3.44. The minimum absolute atomic E-state index is 0.0655. The molecular formula is C17H13FN2O3. The number of aromatic nitrogens is 2. The molecule has 0 bridgehead atoms. The Kier molecular flexibility index (Phi) is 3.65. The molecule has 0 radical (unpaired) electrons. The van der Waals surface area contributed by atoms with E-state index < -0.39 is 11.8 Å². The Hall–Kier alpha value is -3.02. The molecule has 1 heterocycles. The standard InChI is InChI=1S/C17H13FN2O3/c1-9-6-10(2)14(13(18)7-9)16-19-15(20-23-16)11-4-3-5-12(8-11)17(21)22/h3-8H,1-2H3,(H,21,22). The molecule has 0 aliphatic carbocycles. The number of nitrogens with zero attached hydrogens (tertiary/aromatic N) is 2. The molecule has 0 unspecified atom stereocenters. The van der Waals surface area contributed by atoms with Gasteiger partial charge in [-0.1, -0.05) is 23.4 Å². The molecule has 0 fully saturated rings. The lowest BCUT2D eigenvalue weighted by Crippen LogP contribution is -1.96. The Morgan fingerprint density at radius 2 is 2.00 bits per heavy atom. The molecule has 0 aliphatic rings. The van der Waals surface area contributed by atoms with Crippen molar-refractivity contribution in [3.05, 3.63) is 58.9 Å². The van der Waals surface area contributed by atoms with E-state index in [1.165, 1.54) is 18.2 Å². The summed E-state index contributed by atoms with van der Waals surface area (Å²) in [6, 6.07) is 9.39. The Labute approximate surface area is 131 Å². The molecule has 0 atom stereocenters. The number of aromatic carboxylic acids is 1. The van der Waals surface area contributed by atoms with Gasteiger partial charge in [-0.05, 0) is 43.2 Å². The Morgan fingerprint density at radius 1 is 1.22 bits per heavy atom. The first kappa shape index (κ1) is 14.9. The Balaban J connectivity index is 2.05. The highest BCUT2D eigenvalue weighted by Crippen LogP contribution is 2.28. The molecule has 23 heavy (non-hydrogen) atoms. The van der Waals surface area contributed by atoms with Gasteiger partial charge in [0.2, 0.25) is 5.82 Å². The monoisotopic (exact) mass is 312 g/mol. The van der Waals surface area contributed by atoms with E-state index in [0.717, 1.165) is 5.56 Å². The van der Waals surface area contributed by atoms with Crippen LogP contribution in [0.1, 0.15) is 21.5 Å². The maximum absolute atomic E-state index is 14.2. The number of carboxylic acids is 1. The highest BCUT2D eigenvalue weighted by Gasteiger charge is 2.17. The van der Waals surface area contributed by atoms with Crippen LogP contribution in [0.25, 0.3) is 22.8 Å². The number of carboxylic acid groups (broad SMARTS) is 1. The number of benzene rings is 2. The van der Waals surface area contributed by atoms with E-state index in [1.807, 2.05) is 6.07 Å². The van der Waals surface area contributed by atoms with E-state index in [2.05, 4.69) is 10.1 Å². The van der Waals surface area contributed by atoms with Crippen LogP contribution in [-0.4, -0.2) is 21.2 Å². The predicted octanol–water partition coefficient (Wildman–Crippen LogP) is 3.86. The SMILES string of the molecule is Cc1cc(C)c(-c2nc(-c3cccc(C(=O)O)c3)no2)c(F)c1. The average molecular weight is 312 g/mol. The van der Waals surface area contributed by atoms with Crippen molar-refractivity contribution in [2.75, 3.05) is 0 Å². The largest absolute Gasteiger partial charge is 0.478 e. The van der Waals surface area contributed by atoms with Gasteiger partial charge in [-0.15, -0.1) is 0 Å². The molecule has 2 aromatic carbocycles. The van der Waals surface area contributed by atoms with Crippen molar-refractivity contribution in [2.24, 2.45) is 0 Å². The smallest absolute Gasteiger partial charge is 0.335 e. The van der Waals surface area contributed by atoms with Crippen molar-refractivity contribution in [2.45, 2.75) is 13.8 Å². The summed E-state index contributed by atoms with van der Waals surface area (Å²) in [6.45, 7) is 3.57. The van der Waals surface area contributed by atoms with Crippen LogP contribution in [0.3, 0.4) is 0 Å². The van der Waals surface area contributed by atoms with Crippen LogP contribution in [0.2, 0.25) is 0 Å². The van der Waals surface area contributed by atoms with Gasteiger partial charge in [-0.2, -0.15) is 4.98 Å². The van der Waals surface area contributed by atoms with Crippen molar-refractivity contribution >= 4 is 5.97 Å². The molecular weight excluding hydrogens is 299 g/mol. The number of carbonyl (C=O) groups is 1. The van der Waals surface area contributed by atoms with Gasteiger partial charge in [0, 0.05) is 5.56 Å². The first-order valence-electron chi connectivity index (χ1n) is 6.90. The lowest BCUT2D eigenvalue weighted by molar-refractivity contribution is 0.0697. The number of aryl methyl sites for hydroxylation is 2. The minimum Gasteiger partial charge on any atom is -0.478 e. The second-order valence-corrected chi connectivity index (χ2v) is 5.25. The number of hydrogen-bond acceptors (Lipinski definition) is 4. The molecule has 0 spiro atoms. The van der Waals surface area contributed by atoms with Gasteiger partial charge in [0.15, 0.2) is 0 Å². The van der Waals surface area contributed by atoms with Crippen LogP contribution >= 0.6 is 0 Å². The molecule has 5 nitrogen and oxygen atoms in total. The topological polar surface area (TPSA) is 76.2 Å². The third kappa shape index (κ3) is 2.83. The first-order chi connectivity index (χ1) is 11.0. The summed E-state index contributed by atoms with van der Waals surface area (Å²) >= 11 is 0. The molecule has 1 aromatic heterocycles. The van der Waals surface area contributed by atoms with E-state index in [1.54, 1.807) is 26.0 Å². The predicted molar refractivity (Wildman–Crippen MR) is 81.6 cm³/mol. The fraction of sp³-hybridized carbons (Fsp3) is 0.118. The number of halogens is 1. The van der Waals surface area contributed by atoms with E-state index in [0.29, 0.717) is 11.1 Å². The zero-order valence-corrected chi connectivity index (χ0v) is 12.5. The van der Waals surface area contributed by atoms with Crippen LogP contribution in [-0.2, 0) is 0 Å². The summed E-state index contributed by atoms with van der Waals surface area (Å²) in [6.07, 6.45) is 0. The van der Waals surface area contributed by atoms with Crippen LogP contribution in [0, 0.1) is 19.7 Å². The first-order valence-corrected chi connectivity index (χ1v) is 6.90. The van der Waals surface area contributed by atoms with Gasteiger partial charge in [0.1, 0.15) is 5.82 Å². The van der Waals surface area contributed by atoms with Crippen molar-refractivity contribution in [3.8, 4) is 22.8 Å². The summed E-state index contributed by atoms with van der Waals surface area (Å²) in [5.41, 5.74) is 2.36. The summed E-state index contributed by atoms with van der Waals surface area (Å²) < 4.78 is 19.3. The van der Waals surface area contributed by atoms with Gasteiger partial charge in [0.25, 0.3) is 5.89 Å². The molecule has 116 valence electrons. The molecule has 3 rings (SSSR count).